The fourth-order valence-electron chi connectivity index (χ4n) is 2.72. The summed E-state index contributed by atoms with van der Waals surface area (Å²) >= 11 is 0. The number of nitrogens with zero attached hydrogens (tertiary/aromatic N) is 5. The molecule has 0 fully saturated rings. The van der Waals surface area contributed by atoms with E-state index in [0.29, 0.717) is 13.1 Å². The van der Waals surface area contributed by atoms with Gasteiger partial charge in [-0.2, -0.15) is 5.10 Å². The number of rotatable bonds is 6. The Morgan fingerprint density at radius 2 is 1.92 bits per heavy atom. The summed E-state index contributed by atoms with van der Waals surface area (Å²) in [4.78, 5) is 8.52. The third kappa shape index (κ3) is 6.24. The molecule has 0 aliphatic carbocycles. The van der Waals surface area contributed by atoms with E-state index in [2.05, 4.69) is 20.3 Å². The second kappa shape index (κ2) is 10.5. The highest BCUT2D eigenvalue weighted by Gasteiger charge is 2.17. The third-order valence-electron chi connectivity index (χ3n) is 4.09. The summed E-state index contributed by atoms with van der Waals surface area (Å²) in [5.41, 5.74) is 2.18. The second-order valence-electron chi connectivity index (χ2n) is 6.34. The molecule has 6 nitrogen and oxygen atoms in total. The van der Waals surface area contributed by atoms with Gasteiger partial charge in [-0.15, -0.1) is 24.0 Å². The quantitative estimate of drug-likeness (QED) is 0.397. The molecule has 0 saturated heterocycles. The first-order chi connectivity index (χ1) is 11.9. The molecule has 1 heterocycles. The van der Waals surface area contributed by atoms with Gasteiger partial charge in [0.1, 0.15) is 5.82 Å². The first-order valence-electron chi connectivity index (χ1n) is 8.22. The van der Waals surface area contributed by atoms with Gasteiger partial charge in [0.2, 0.25) is 0 Å². The first-order valence-corrected chi connectivity index (χ1v) is 8.22. The van der Waals surface area contributed by atoms with Crippen LogP contribution in [0.1, 0.15) is 17.2 Å². The molecule has 0 aliphatic rings. The molecule has 1 aromatic heterocycles. The van der Waals surface area contributed by atoms with E-state index >= 15 is 0 Å². The molecule has 144 valence electrons. The van der Waals surface area contributed by atoms with Gasteiger partial charge < -0.3 is 15.1 Å². The molecule has 0 aliphatic heterocycles. The van der Waals surface area contributed by atoms with E-state index in [9.17, 15) is 4.39 Å². The van der Waals surface area contributed by atoms with Crippen molar-refractivity contribution >= 4 is 29.9 Å². The van der Waals surface area contributed by atoms with Gasteiger partial charge in [-0.3, -0.25) is 9.67 Å². The fraction of sp³-hybridized carbons (Fsp3) is 0.444. The summed E-state index contributed by atoms with van der Waals surface area (Å²) in [6.45, 7) is 1.36. The second-order valence-corrected chi connectivity index (χ2v) is 6.34. The van der Waals surface area contributed by atoms with E-state index in [4.69, 9.17) is 0 Å². The van der Waals surface area contributed by atoms with Crippen molar-refractivity contribution in [1.82, 2.24) is 24.9 Å². The monoisotopic (exact) mass is 474 g/mol. The van der Waals surface area contributed by atoms with Gasteiger partial charge in [0.25, 0.3) is 0 Å². The van der Waals surface area contributed by atoms with Gasteiger partial charge in [-0.1, -0.05) is 12.1 Å². The molecule has 0 bridgehead atoms. The van der Waals surface area contributed by atoms with E-state index in [-0.39, 0.29) is 35.8 Å². The van der Waals surface area contributed by atoms with Crippen LogP contribution in [0.5, 0.6) is 0 Å². The molecule has 2 aromatic rings. The van der Waals surface area contributed by atoms with Crippen LogP contribution in [0, 0.1) is 5.82 Å². The smallest absolute Gasteiger partial charge is 0.193 e. The number of nitrogens with one attached hydrogen (secondary N) is 1. The zero-order chi connectivity index (χ0) is 18.4. The third-order valence-corrected chi connectivity index (χ3v) is 4.09. The van der Waals surface area contributed by atoms with E-state index in [0.717, 1.165) is 17.1 Å². The predicted octanol–water partition coefficient (Wildman–Crippen LogP) is 2.49. The predicted molar refractivity (Wildman–Crippen MR) is 114 cm³/mol. The summed E-state index contributed by atoms with van der Waals surface area (Å²) < 4.78 is 14.8. The van der Waals surface area contributed by atoms with Gasteiger partial charge in [0, 0.05) is 46.0 Å². The lowest BCUT2D eigenvalue weighted by Crippen LogP contribution is -2.42. The van der Waals surface area contributed by atoms with Crippen LogP contribution in [0.15, 0.2) is 41.7 Å². The number of halogens is 2. The molecule has 0 saturated carbocycles. The van der Waals surface area contributed by atoms with Crippen LogP contribution in [-0.2, 0) is 13.6 Å². The summed E-state index contributed by atoms with van der Waals surface area (Å²) in [5.74, 6) is 0.569. The number of hydrogen-bond acceptors (Lipinski definition) is 3. The molecule has 26 heavy (non-hydrogen) atoms. The van der Waals surface area contributed by atoms with Crippen molar-refractivity contribution in [3.63, 3.8) is 0 Å². The molecule has 0 radical (unpaired) electrons. The maximum atomic E-state index is 13.0. The molecule has 1 N–H and O–H groups in total. The lowest BCUT2D eigenvalue weighted by atomic mass is 10.1. The highest BCUT2D eigenvalue weighted by Crippen LogP contribution is 2.16. The first kappa shape index (κ1) is 22.4. The number of guanidine groups is 1. The Morgan fingerprint density at radius 3 is 2.42 bits per heavy atom. The zero-order valence-electron chi connectivity index (χ0n) is 16.0. The minimum atomic E-state index is -0.223. The number of aliphatic imine (C=N–C) groups is 1. The Hall–Kier alpha value is -1.68. The number of benzene rings is 1. The molecule has 0 amide bonds. The Bertz CT molecular complexity index is 698. The Kier molecular flexibility index (Phi) is 9.00. The van der Waals surface area contributed by atoms with Crippen LogP contribution in [0.2, 0.25) is 0 Å². The number of likely N-dealkylation sites (N-methyl/N-ethyl adjacent to an activating group) is 1. The van der Waals surface area contributed by atoms with Gasteiger partial charge in [-0.25, -0.2) is 4.39 Å². The number of hydrogen-bond donors (Lipinski definition) is 1. The van der Waals surface area contributed by atoms with E-state index in [1.807, 2.05) is 45.5 Å². The topological polar surface area (TPSA) is 48.7 Å². The van der Waals surface area contributed by atoms with Gasteiger partial charge in [0.15, 0.2) is 5.96 Å². The maximum absolute atomic E-state index is 13.0. The fourth-order valence-corrected chi connectivity index (χ4v) is 2.72. The van der Waals surface area contributed by atoms with Crippen LogP contribution >= 0.6 is 24.0 Å². The number of aromatic nitrogens is 2. The summed E-state index contributed by atoms with van der Waals surface area (Å²) in [7, 11) is 9.74. The van der Waals surface area contributed by atoms with Crippen LogP contribution < -0.4 is 5.32 Å². The molecular weight excluding hydrogens is 446 g/mol. The maximum Gasteiger partial charge on any atom is 0.193 e. The molecule has 0 spiro atoms. The Morgan fingerprint density at radius 1 is 1.27 bits per heavy atom. The van der Waals surface area contributed by atoms with Crippen molar-refractivity contribution in [2.24, 2.45) is 12.0 Å². The molecule has 8 heteroatoms. The van der Waals surface area contributed by atoms with Crippen molar-refractivity contribution in [1.29, 1.82) is 0 Å². The van der Waals surface area contributed by atoms with Gasteiger partial charge in [-0.05, 0) is 31.8 Å². The van der Waals surface area contributed by atoms with Crippen molar-refractivity contribution < 1.29 is 4.39 Å². The Labute approximate surface area is 172 Å². The minimum absolute atomic E-state index is 0. The van der Waals surface area contributed by atoms with Crippen molar-refractivity contribution in [2.75, 3.05) is 34.7 Å². The standard InChI is InChI=1S/C18H27FN6.HI/c1-20-18(24(4)12-14-6-8-16(19)9-7-14)21-11-17(23(2)3)15-10-22-25(5)13-15;/h6-10,13,17H,11-12H2,1-5H3,(H,20,21);1H. The molecule has 1 atom stereocenters. The zero-order valence-corrected chi connectivity index (χ0v) is 18.3. The summed E-state index contributed by atoms with van der Waals surface area (Å²) in [5, 5.41) is 7.67. The molecule has 1 aromatic carbocycles. The normalized spacial score (nSPS) is 12.7. The molecular formula is C18H28FIN6. The largest absolute Gasteiger partial charge is 0.354 e. The Balaban J connectivity index is 0.00000338. The van der Waals surface area contributed by atoms with Gasteiger partial charge in [0.05, 0.1) is 12.2 Å². The number of aryl methyl sites for hydroxylation is 1. The van der Waals surface area contributed by atoms with Gasteiger partial charge >= 0.3 is 0 Å². The van der Waals surface area contributed by atoms with Crippen LogP contribution in [0.3, 0.4) is 0 Å². The van der Waals surface area contributed by atoms with Crippen molar-refractivity contribution in [2.45, 2.75) is 12.6 Å². The average molecular weight is 474 g/mol. The minimum Gasteiger partial charge on any atom is -0.354 e. The highest BCUT2D eigenvalue weighted by atomic mass is 127. The van der Waals surface area contributed by atoms with E-state index in [1.54, 1.807) is 23.9 Å². The van der Waals surface area contributed by atoms with E-state index in [1.165, 1.54) is 12.1 Å². The van der Waals surface area contributed by atoms with Crippen molar-refractivity contribution in [3.05, 3.63) is 53.6 Å². The van der Waals surface area contributed by atoms with Crippen molar-refractivity contribution in [3.8, 4) is 0 Å². The van der Waals surface area contributed by atoms with E-state index < -0.39 is 0 Å². The van der Waals surface area contributed by atoms with Crippen LogP contribution in [-0.4, -0.2) is 60.3 Å². The highest BCUT2D eigenvalue weighted by molar-refractivity contribution is 14.0. The van der Waals surface area contributed by atoms with Crippen LogP contribution in [0.25, 0.3) is 0 Å². The lowest BCUT2D eigenvalue weighted by molar-refractivity contribution is 0.295. The summed E-state index contributed by atoms with van der Waals surface area (Å²) in [6, 6.07) is 6.72. The molecule has 1 unspecified atom stereocenters. The average Bonchev–Trinajstić information content (AvgIpc) is 2.99. The molecule has 2 rings (SSSR count). The SMILES string of the molecule is CN=C(NCC(c1cnn(C)c1)N(C)C)N(C)Cc1ccc(F)cc1.I. The lowest BCUT2D eigenvalue weighted by Gasteiger charge is -2.27. The van der Waals surface area contributed by atoms with Crippen LogP contribution in [0.4, 0.5) is 4.39 Å². The summed E-state index contributed by atoms with van der Waals surface area (Å²) in [6.07, 6.45) is 3.91.